The van der Waals surface area contributed by atoms with Crippen molar-refractivity contribution in [3.05, 3.63) is 102 Å². The fraction of sp³-hybridized carbons (Fsp3) is 0. The fourth-order valence-corrected chi connectivity index (χ4v) is 6.23. The summed E-state index contributed by atoms with van der Waals surface area (Å²) in [6.07, 6.45) is 0. The van der Waals surface area contributed by atoms with E-state index in [0.29, 0.717) is 0 Å². The van der Waals surface area contributed by atoms with E-state index in [4.69, 9.17) is 11.6 Å². The number of thiophene rings is 1. The van der Waals surface area contributed by atoms with E-state index in [-0.39, 0.29) is 0 Å². The number of hydrogen-bond donors (Lipinski definition) is 0. The Kier molecular flexibility index (Phi) is 3.55. The van der Waals surface area contributed by atoms with E-state index < -0.39 is 0 Å². The first-order valence-corrected chi connectivity index (χ1v) is 11.5. The van der Waals surface area contributed by atoms with Gasteiger partial charge >= 0.3 is 0 Å². The van der Waals surface area contributed by atoms with Gasteiger partial charge in [0.05, 0.1) is 11.0 Å². The molecule has 3 heteroatoms. The molecule has 0 saturated carbocycles. The number of nitrogens with zero attached hydrogens (tertiary/aromatic N) is 1. The molecule has 1 nitrogen and oxygen atoms in total. The predicted octanol–water partition coefficient (Wildman–Crippen LogP) is 8.96. The summed E-state index contributed by atoms with van der Waals surface area (Å²) in [5, 5.41) is 8.44. The number of benzene rings is 5. The highest BCUT2D eigenvalue weighted by Crippen LogP contribution is 2.39. The van der Waals surface area contributed by atoms with Crippen molar-refractivity contribution in [2.45, 2.75) is 0 Å². The highest BCUT2D eigenvalue weighted by atomic mass is 35.5. The second-order valence-electron chi connectivity index (χ2n) is 7.99. The summed E-state index contributed by atoms with van der Waals surface area (Å²) in [5.41, 5.74) is 3.66. The molecule has 0 atom stereocenters. The van der Waals surface area contributed by atoms with Crippen molar-refractivity contribution in [3.8, 4) is 5.69 Å². The fourth-order valence-electron chi connectivity index (χ4n) is 4.81. The molecule has 31 heavy (non-hydrogen) atoms. The summed E-state index contributed by atoms with van der Waals surface area (Å²) in [7, 11) is 0. The number of rotatable bonds is 1. The maximum absolute atomic E-state index is 6.24. The average Bonchev–Trinajstić information content (AvgIpc) is 3.31. The van der Waals surface area contributed by atoms with Gasteiger partial charge in [-0.15, -0.1) is 11.3 Å². The first-order chi connectivity index (χ1) is 15.3. The topological polar surface area (TPSA) is 4.93 Å². The molecule has 7 aromatic rings. The van der Waals surface area contributed by atoms with Crippen LogP contribution in [0.1, 0.15) is 0 Å². The van der Waals surface area contributed by atoms with Crippen LogP contribution in [0.15, 0.2) is 97.1 Å². The SMILES string of the molecule is Clc1ccc2c(c1)sc1cc(-n3c4ccccc4c4cc5ccccc5cc43)ccc12. The number of hydrogen-bond acceptors (Lipinski definition) is 1. The molecule has 0 spiro atoms. The summed E-state index contributed by atoms with van der Waals surface area (Å²) in [6.45, 7) is 0. The Morgan fingerprint density at radius 3 is 2.13 bits per heavy atom. The van der Waals surface area contributed by atoms with Crippen molar-refractivity contribution in [1.82, 2.24) is 4.57 Å². The molecule has 146 valence electrons. The first-order valence-electron chi connectivity index (χ1n) is 10.3. The highest BCUT2D eigenvalue weighted by molar-refractivity contribution is 7.25. The predicted molar refractivity (Wildman–Crippen MR) is 136 cm³/mol. The zero-order chi connectivity index (χ0) is 20.5. The largest absolute Gasteiger partial charge is 0.309 e. The quantitative estimate of drug-likeness (QED) is 0.243. The normalized spacial score (nSPS) is 12.0. The molecule has 0 aliphatic carbocycles. The Hall–Kier alpha value is -3.33. The van der Waals surface area contributed by atoms with E-state index in [9.17, 15) is 0 Å². The van der Waals surface area contributed by atoms with Crippen LogP contribution < -0.4 is 0 Å². The lowest BCUT2D eigenvalue weighted by molar-refractivity contribution is 1.19. The van der Waals surface area contributed by atoms with Gasteiger partial charge in [0.15, 0.2) is 0 Å². The Balaban J connectivity index is 1.59. The lowest BCUT2D eigenvalue weighted by Gasteiger charge is -2.09. The molecule has 0 unspecified atom stereocenters. The van der Waals surface area contributed by atoms with Crippen LogP contribution in [-0.4, -0.2) is 4.57 Å². The maximum Gasteiger partial charge on any atom is 0.0547 e. The average molecular weight is 434 g/mol. The van der Waals surface area contributed by atoms with Gasteiger partial charge in [0, 0.05) is 41.7 Å². The summed E-state index contributed by atoms with van der Waals surface area (Å²) < 4.78 is 4.91. The third kappa shape index (κ3) is 2.49. The number of halogens is 1. The molecular weight excluding hydrogens is 418 g/mol. The molecule has 2 heterocycles. The van der Waals surface area contributed by atoms with Crippen LogP contribution in [0.2, 0.25) is 5.02 Å². The van der Waals surface area contributed by atoms with Crippen molar-refractivity contribution in [2.24, 2.45) is 0 Å². The van der Waals surface area contributed by atoms with Crippen LogP contribution in [0.4, 0.5) is 0 Å². The van der Waals surface area contributed by atoms with Crippen molar-refractivity contribution in [2.75, 3.05) is 0 Å². The van der Waals surface area contributed by atoms with E-state index in [1.54, 1.807) is 11.3 Å². The molecule has 5 aromatic carbocycles. The van der Waals surface area contributed by atoms with Gasteiger partial charge in [0.25, 0.3) is 0 Å². The van der Waals surface area contributed by atoms with Crippen LogP contribution in [0, 0.1) is 0 Å². The summed E-state index contributed by atoms with van der Waals surface area (Å²) in [4.78, 5) is 0. The lowest BCUT2D eigenvalue weighted by atomic mass is 10.1. The Bertz CT molecular complexity index is 1810. The molecule has 0 radical (unpaired) electrons. The third-order valence-corrected chi connectivity index (χ3v) is 7.57. The zero-order valence-corrected chi connectivity index (χ0v) is 18.0. The molecule has 0 saturated heterocycles. The molecule has 2 aromatic heterocycles. The Labute approximate surface area is 187 Å². The molecule has 0 amide bonds. The molecule has 0 aliphatic rings. The van der Waals surface area contributed by atoms with Crippen LogP contribution in [0.3, 0.4) is 0 Å². The van der Waals surface area contributed by atoms with Crippen LogP contribution >= 0.6 is 22.9 Å². The summed E-state index contributed by atoms with van der Waals surface area (Å²) >= 11 is 8.04. The van der Waals surface area contributed by atoms with Gasteiger partial charge in [0.2, 0.25) is 0 Å². The Morgan fingerprint density at radius 1 is 0.548 bits per heavy atom. The number of para-hydroxylation sites is 1. The summed E-state index contributed by atoms with van der Waals surface area (Å²) in [6, 6.07) is 34.9. The van der Waals surface area contributed by atoms with Crippen molar-refractivity contribution in [3.63, 3.8) is 0 Å². The van der Waals surface area contributed by atoms with Crippen molar-refractivity contribution >= 4 is 75.7 Å². The monoisotopic (exact) mass is 433 g/mol. The minimum absolute atomic E-state index is 0.786. The standard InChI is InChI=1S/C28H16ClNS/c29-19-9-11-22-23-12-10-20(16-28(23)31-27(22)15-19)30-25-8-4-3-7-21(25)24-13-17-5-1-2-6-18(17)14-26(24)30/h1-16H. The highest BCUT2D eigenvalue weighted by Gasteiger charge is 2.14. The minimum Gasteiger partial charge on any atom is -0.309 e. The molecule has 0 N–H and O–H groups in total. The zero-order valence-electron chi connectivity index (χ0n) is 16.5. The smallest absolute Gasteiger partial charge is 0.0547 e. The Morgan fingerprint density at radius 2 is 1.26 bits per heavy atom. The molecule has 7 rings (SSSR count). The van der Waals surface area contributed by atoms with Gasteiger partial charge in [-0.25, -0.2) is 0 Å². The van der Waals surface area contributed by atoms with Gasteiger partial charge in [-0.1, -0.05) is 66.2 Å². The number of aromatic nitrogens is 1. The van der Waals surface area contributed by atoms with Crippen molar-refractivity contribution in [1.29, 1.82) is 0 Å². The third-order valence-electron chi connectivity index (χ3n) is 6.22. The van der Waals surface area contributed by atoms with E-state index in [2.05, 4.69) is 95.6 Å². The van der Waals surface area contributed by atoms with E-state index in [1.807, 2.05) is 6.07 Å². The van der Waals surface area contributed by atoms with E-state index in [1.165, 1.54) is 58.4 Å². The van der Waals surface area contributed by atoms with Gasteiger partial charge < -0.3 is 4.57 Å². The second kappa shape index (κ2) is 6.34. The van der Waals surface area contributed by atoms with E-state index in [0.717, 1.165) is 5.02 Å². The molecule has 0 aliphatic heterocycles. The van der Waals surface area contributed by atoms with Gasteiger partial charge in [-0.05, 0) is 53.2 Å². The van der Waals surface area contributed by atoms with Crippen LogP contribution in [0.5, 0.6) is 0 Å². The minimum atomic E-state index is 0.786. The summed E-state index contributed by atoms with van der Waals surface area (Å²) in [5.74, 6) is 0. The van der Waals surface area contributed by atoms with Crippen molar-refractivity contribution < 1.29 is 0 Å². The van der Waals surface area contributed by atoms with Gasteiger partial charge in [0.1, 0.15) is 0 Å². The van der Waals surface area contributed by atoms with Gasteiger partial charge in [-0.3, -0.25) is 0 Å². The first kappa shape index (κ1) is 17.4. The van der Waals surface area contributed by atoms with E-state index >= 15 is 0 Å². The number of fused-ring (bicyclic) bond motifs is 7. The van der Waals surface area contributed by atoms with Crippen LogP contribution in [-0.2, 0) is 0 Å². The molecule has 0 bridgehead atoms. The lowest BCUT2D eigenvalue weighted by Crippen LogP contribution is -1.93. The van der Waals surface area contributed by atoms with Gasteiger partial charge in [-0.2, -0.15) is 0 Å². The molecular formula is C28H16ClNS. The van der Waals surface area contributed by atoms with Crippen LogP contribution in [0.25, 0.3) is 58.4 Å². The second-order valence-corrected chi connectivity index (χ2v) is 9.51. The maximum atomic E-state index is 6.24. The molecule has 0 fully saturated rings.